The molecule has 0 aromatic carbocycles. The van der Waals surface area contributed by atoms with E-state index in [0.29, 0.717) is 32.6 Å². The van der Waals surface area contributed by atoms with Crippen molar-refractivity contribution in [1.82, 2.24) is 0 Å². The summed E-state index contributed by atoms with van der Waals surface area (Å²) in [6, 6.07) is 0. The highest BCUT2D eigenvalue weighted by atomic mass is 16.6. The SMILES string of the molecule is NCCOCCOC(=O)CCCCC(=O)O. The fourth-order valence-corrected chi connectivity index (χ4v) is 1.02. The Morgan fingerprint density at radius 3 is 2.38 bits per heavy atom. The highest BCUT2D eigenvalue weighted by Gasteiger charge is 2.03. The second-order valence-electron chi connectivity index (χ2n) is 3.22. The zero-order chi connectivity index (χ0) is 12.2. The number of ether oxygens (including phenoxy) is 2. The lowest BCUT2D eigenvalue weighted by Crippen LogP contribution is -2.14. The van der Waals surface area contributed by atoms with Crippen LogP contribution >= 0.6 is 0 Å². The number of carboxylic acids is 1. The van der Waals surface area contributed by atoms with E-state index in [9.17, 15) is 9.59 Å². The van der Waals surface area contributed by atoms with Crippen LogP contribution in [0, 0.1) is 0 Å². The molecule has 0 aliphatic heterocycles. The number of carbonyl (C=O) groups excluding carboxylic acids is 1. The first kappa shape index (κ1) is 14.9. The average molecular weight is 233 g/mol. The van der Waals surface area contributed by atoms with Gasteiger partial charge in [-0.1, -0.05) is 0 Å². The van der Waals surface area contributed by atoms with E-state index in [0.717, 1.165) is 0 Å². The van der Waals surface area contributed by atoms with E-state index in [-0.39, 0.29) is 25.4 Å². The summed E-state index contributed by atoms with van der Waals surface area (Å²) < 4.78 is 9.85. The standard InChI is InChI=1S/C10H19NO5/c11-5-6-15-7-8-16-10(14)4-2-1-3-9(12)13/h1-8,11H2,(H,12,13). The molecule has 0 radical (unpaired) electrons. The fraction of sp³-hybridized carbons (Fsp3) is 0.800. The Bertz CT molecular complexity index is 207. The Morgan fingerprint density at radius 1 is 1.06 bits per heavy atom. The Labute approximate surface area is 94.7 Å². The second kappa shape index (κ2) is 10.4. The summed E-state index contributed by atoms with van der Waals surface area (Å²) in [5.41, 5.74) is 5.20. The van der Waals surface area contributed by atoms with Crippen LogP contribution in [0.2, 0.25) is 0 Å². The molecule has 0 rings (SSSR count). The van der Waals surface area contributed by atoms with E-state index in [2.05, 4.69) is 0 Å². The number of esters is 1. The summed E-state index contributed by atoms with van der Waals surface area (Å²) in [6.45, 7) is 1.47. The summed E-state index contributed by atoms with van der Waals surface area (Å²) in [6.07, 6.45) is 1.37. The number of aliphatic carboxylic acids is 1. The summed E-state index contributed by atoms with van der Waals surface area (Å²) in [4.78, 5) is 21.2. The maximum atomic E-state index is 11.1. The van der Waals surface area contributed by atoms with E-state index in [1.165, 1.54) is 0 Å². The smallest absolute Gasteiger partial charge is 0.305 e. The van der Waals surface area contributed by atoms with Crippen molar-refractivity contribution in [3.8, 4) is 0 Å². The Kier molecular flexibility index (Phi) is 9.64. The minimum absolute atomic E-state index is 0.0902. The van der Waals surface area contributed by atoms with E-state index in [1.807, 2.05) is 0 Å². The first-order chi connectivity index (χ1) is 7.66. The minimum Gasteiger partial charge on any atom is -0.481 e. The quantitative estimate of drug-likeness (QED) is 0.411. The molecule has 0 unspecified atom stereocenters. The number of hydrogen-bond acceptors (Lipinski definition) is 5. The molecular weight excluding hydrogens is 214 g/mol. The predicted molar refractivity (Wildman–Crippen MR) is 56.9 cm³/mol. The lowest BCUT2D eigenvalue weighted by atomic mass is 10.2. The molecule has 0 saturated carbocycles. The van der Waals surface area contributed by atoms with Crippen LogP contribution in [-0.2, 0) is 19.1 Å². The number of nitrogens with two attached hydrogens (primary N) is 1. The van der Waals surface area contributed by atoms with Crippen molar-refractivity contribution in [1.29, 1.82) is 0 Å². The van der Waals surface area contributed by atoms with Gasteiger partial charge in [-0.2, -0.15) is 0 Å². The lowest BCUT2D eigenvalue weighted by molar-refractivity contribution is -0.145. The molecule has 0 amide bonds. The molecule has 94 valence electrons. The largest absolute Gasteiger partial charge is 0.481 e. The van der Waals surface area contributed by atoms with Crippen LogP contribution in [0.4, 0.5) is 0 Å². The molecule has 6 nitrogen and oxygen atoms in total. The molecule has 0 fully saturated rings. The highest BCUT2D eigenvalue weighted by Crippen LogP contribution is 2.01. The average Bonchev–Trinajstić information content (AvgIpc) is 2.24. The number of hydrogen-bond donors (Lipinski definition) is 2. The molecule has 0 saturated heterocycles. The molecular formula is C10H19NO5. The highest BCUT2D eigenvalue weighted by molar-refractivity contribution is 5.69. The zero-order valence-electron chi connectivity index (χ0n) is 9.31. The molecule has 0 atom stereocenters. The Morgan fingerprint density at radius 2 is 1.75 bits per heavy atom. The summed E-state index contributed by atoms with van der Waals surface area (Å²) >= 11 is 0. The van der Waals surface area contributed by atoms with Crippen LogP contribution in [0.25, 0.3) is 0 Å². The molecule has 0 bridgehead atoms. The molecule has 6 heteroatoms. The van der Waals surface area contributed by atoms with Crippen LogP contribution in [0.5, 0.6) is 0 Å². The van der Waals surface area contributed by atoms with Gasteiger partial charge in [0.1, 0.15) is 6.61 Å². The molecule has 0 heterocycles. The van der Waals surface area contributed by atoms with Crippen molar-refractivity contribution < 1.29 is 24.2 Å². The zero-order valence-corrected chi connectivity index (χ0v) is 9.31. The van der Waals surface area contributed by atoms with Crippen LogP contribution in [0.15, 0.2) is 0 Å². The van der Waals surface area contributed by atoms with Gasteiger partial charge in [-0.05, 0) is 12.8 Å². The number of rotatable bonds is 10. The third-order valence-corrected chi connectivity index (χ3v) is 1.77. The summed E-state index contributed by atoms with van der Waals surface area (Å²) in [5, 5.41) is 8.36. The molecule has 3 N–H and O–H groups in total. The maximum absolute atomic E-state index is 11.1. The first-order valence-corrected chi connectivity index (χ1v) is 5.32. The van der Waals surface area contributed by atoms with Gasteiger partial charge in [-0.25, -0.2) is 0 Å². The monoisotopic (exact) mass is 233 g/mol. The Balaban J connectivity index is 3.21. The van der Waals surface area contributed by atoms with Gasteiger partial charge >= 0.3 is 11.9 Å². The summed E-state index contributed by atoms with van der Waals surface area (Å²) in [7, 11) is 0. The molecule has 0 aliphatic rings. The number of carbonyl (C=O) groups is 2. The maximum Gasteiger partial charge on any atom is 0.305 e. The van der Waals surface area contributed by atoms with Crippen molar-refractivity contribution in [2.24, 2.45) is 5.73 Å². The molecule has 0 aromatic rings. The minimum atomic E-state index is -0.844. The topological polar surface area (TPSA) is 98.9 Å². The second-order valence-corrected chi connectivity index (χ2v) is 3.22. The fourth-order valence-electron chi connectivity index (χ4n) is 1.02. The molecule has 0 aromatic heterocycles. The van der Waals surface area contributed by atoms with E-state index >= 15 is 0 Å². The molecule has 0 spiro atoms. The van der Waals surface area contributed by atoms with Crippen molar-refractivity contribution in [2.75, 3.05) is 26.4 Å². The number of unbranched alkanes of at least 4 members (excludes halogenated alkanes) is 1. The van der Waals surface area contributed by atoms with Crippen LogP contribution in [0.3, 0.4) is 0 Å². The van der Waals surface area contributed by atoms with Crippen molar-refractivity contribution in [3.63, 3.8) is 0 Å². The summed E-state index contributed by atoms with van der Waals surface area (Å²) in [5.74, 6) is -1.16. The molecule has 16 heavy (non-hydrogen) atoms. The van der Waals surface area contributed by atoms with E-state index < -0.39 is 5.97 Å². The Hall–Kier alpha value is -1.14. The third kappa shape index (κ3) is 10.9. The van der Waals surface area contributed by atoms with Crippen LogP contribution in [-0.4, -0.2) is 43.4 Å². The van der Waals surface area contributed by atoms with Gasteiger partial charge in [-0.3, -0.25) is 9.59 Å². The van der Waals surface area contributed by atoms with Gasteiger partial charge in [0.05, 0.1) is 13.2 Å². The van der Waals surface area contributed by atoms with Gasteiger partial charge in [0.25, 0.3) is 0 Å². The van der Waals surface area contributed by atoms with Gasteiger partial charge in [0, 0.05) is 19.4 Å². The van der Waals surface area contributed by atoms with Crippen LogP contribution in [0.1, 0.15) is 25.7 Å². The van der Waals surface area contributed by atoms with Gasteiger partial charge in [-0.15, -0.1) is 0 Å². The lowest BCUT2D eigenvalue weighted by Gasteiger charge is -2.04. The van der Waals surface area contributed by atoms with E-state index in [4.69, 9.17) is 20.3 Å². The van der Waals surface area contributed by atoms with Crippen molar-refractivity contribution in [2.45, 2.75) is 25.7 Å². The van der Waals surface area contributed by atoms with Crippen molar-refractivity contribution >= 4 is 11.9 Å². The van der Waals surface area contributed by atoms with E-state index in [1.54, 1.807) is 0 Å². The van der Waals surface area contributed by atoms with Crippen molar-refractivity contribution in [3.05, 3.63) is 0 Å². The predicted octanol–water partition coefficient (Wildman–Crippen LogP) is 0.150. The third-order valence-electron chi connectivity index (χ3n) is 1.77. The van der Waals surface area contributed by atoms with Crippen LogP contribution < -0.4 is 5.73 Å². The molecule has 0 aliphatic carbocycles. The number of carboxylic acid groups (broad SMARTS) is 1. The van der Waals surface area contributed by atoms with Gasteiger partial charge in [0.15, 0.2) is 0 Å². The first-order valence-electron chi connectivity index (χ1n) is 5.32. The van der Waals surface area contributed by atoms with Gasteiger partial charge < -0.3 is 20.3 Å². The normalized spacial score (nSPS) is 10.1. The van der Waals surface area contributed by atoms with Gasteiger partial charge in [0.2, 0.25) is 0 Å².